The molecule has 0 atom stereocenters. The minimum Gasteiger partial charge on any atom is -0.508 e. The number of carbonyl (C=O) groups excluding carboxylic acids is 2. The van der Waals surface area contributed by atoms with E-state index in [1.165, 1.54) is 17.0 Å². The van der Waals surface area contributed by atoms with Gasteiger partial charge < -0.3 is 9.84 Å². The van der Waals surface area contributed by atoms with Crippen LogP contribution in [0, 0.1) is 0 Å². The molecule has 20 heavy (non-hydrogen) atoms. The molecule has 0 aliphatic carbocycles. The lowest BCUT2D eigenvalue weighted by Crippen LogP contribution is -2.29. The molecule has 2 amide bonds. The molecule has 0 bridgehead atoms. The van der Waals surface area contributed by atoms with Crippen molar-refractivity contribution in [2.45, 2.75) is 6.42 Å². The van der Waals surface area contributed by atoms with Gasteiger partial charge in [-0.05, 0) is 42.0 Å². The number of hydrogen-bond acceptors (Lipinski definition) is 5. The number of ether oxygens (including phenoxy) is 1. The van der Waals surface area contributed by atoms with Gasteiger partial charge in [-0.3, -0.25) is 14.5 Å². The predicted octanol–water partition coefficient (Wildman–Crippen LogP) is 2.47. The lowest BCUT2D eigenvalue weighted by Gasteiger charge is -2.11. The van der Waals surface area contributed by atoms with Crippen LogP contribution in [0.1, 0.15) is 12.0 Å². The van der Waals surface area contributed by atoms with Gasteiger partial charge in [0, 0.05) is 20.3 Å². The van der Waals surface area contributed by atoms with Gasteiger partial charge in [0.05, 0.1) is 4.91 Å². The number of carbonyl (C=O) groups is 2. The Morgan fingerprint density at radius 1 is 1.30 bits per heavy atom. The van der Waals surface area contributed by atoms with Gasteiger partial charge in [-0.1, -0.05) is 12.1 Å². The van der Waals surface area contributed by atoms with Crippen molar-refractivity contribution in [2.75, 3.05) is 20.3 Å². The van der Waals surface area contributed by atoms with Crippen molar-refractivity contribution in [3.8, 4) is 5.75 Å². The van der Waals surface area contributed by atoms with Crippen molar-refractivity contribution in [2.24, 2.45) is 0 Å². The largest absolute Gasteiger partial charge is 0.508 e. The highest BCUT2D eigenvalue weighted by Gasteiger charge is 2.34. The van der Waals surface area contributed by atoms with Gasteiger partial charge in [0.25, 0.3) is 11.1 Å². The molecule has 6 heteroatoms. The third kappa shape index (κ3) is 3.40. The van der Waals surface area contributed by atoms with Crippen LogP contribution in [0.5, 0.6) is 5.75 Å². The quantitative estimate of drug-likeness (QED) is 0.667. The minimum atomic E-state index is -0.274. The number of thioether (sulfide) groups is 1. The number of aromatic hydroxyl groups is 1. The molecule has 1 N–H and O–H groups in total. The first-order valence-corrected chi connectivity index (χ1v) is 6.97. The SMILES string of the molecule is COCCCN1C(=O)S/C(=C/c2ccc(O)cc2)C1=O. The van der Waals surface area contributed by atoms with Gasteiger partial charge in [0.2, 0.25) is 0 Å². The highest BCUT2D eigenvalue weighted by atomic mass is 32.2. The van der Waals surface area contributed by atoms with E-state index in [0.29, 0.717) is 24.5 Å². The Morgan fingerprint density at radius 3 is 2.65 bits per heavy atom. The second-order valence-electron chi connectivity index (χ2n) is 4.27. The van der Waals surface area contributed by atoms with Crippen LogP contribution < -0.4 is 0 Å². The molecule has 1 aromatic carbocycles. The number of benzene rings is 1. The van der Waals surface area contributed by atoms with Crippen molar-refractivity contribution in [3.63, 3.8) is 0 Å². The van der Waals surface area contributed by atoms with Crippen LogP contribution in [0.2, 0.25) is 0 Å². The third-order valence-electron chi connectivity index (χ3n) is 2.79. The fraction of sp³-hybridized carbons (Fsp3) is 0.286. The number of methoxy groups -OCH3 is 1. The van der Waals surface area contributed by atoms with Crippen molar-refractivity contribution in [1.82, 2.24) is 4.90 Å². The van der Waals surface area contributed by atoms with E-state index < -0.39 is 0 Å². The maximum absolute atomic E-state index is 12.1. The van der Waals surface area contributed by atoms with Crippen LogP contribution in [-0.4, -0.2) is 41.4 Å². The zero-order valence-electron chi connectivity index (χ0n) is 11.0. The van der Waals surface area contributed by atoms with E-state index in [1.54, 1.807) is 25.3 Å². The van der Waals surface area contributed by atoms with Gasteiger partial charge in [-0.25, -0.2) is 0 Å². The normalized spacial score (nSPS) is 17.2. The van der Waals surface area contributed by atoms with Crippen molar-refractivity contribution in [3.05, 3.63) is 34.7 Å². The van der Waals surface area contributed by atoms with E-state index >= 15 is 0 Å². The second kappa shape index (κ2) is 6.58. The number of phenols is 1. The average Bonchev–Trinajstić information content (AvgIpc) is 2.69. The third-order valence-corrected chi connectivity index (χ3v) is 3.70. The summed E-state index contributed by atoms with van der Waals surface area (Å²) in [5, 5.41) is 8.95. The Balaban J connectivity index is 2.09. The van der Waals surface area contributed by atoms with Gasteiger partial charge >= 0.3 is 0 Å². The number of imide groups is 1. The predicted molar refractivity (Wildman–Crippen MR) is 77.3 cm³/mol. The zero-order chi connectivity index (χ0) is 14.5. The van der Waals surface area contributed by atoms with Crippen LogP contribution >= 0.6 is 11.8 Å². The van der Waals surface area contributed by atoms with Crippen LogP contribution in [0.25, 0.3) is 6.08 Å². The number of phenolic OH excluding ortho intramolecular Hbond substituents is 1. The Bertz CT molecular complexity index is 539. The molecule has 0 unspecified atom stereocenters. The van der Waals surface area contributed by atoms with Gasteiger partial charge in [-0.15, -0.1) is 0 Å². The fourth-order valence-electron chi connectivity index (χ4n) is 1.78. The standard InChI is InChI=1S/C14H15NO4S/c1-19-8-2-7-15-13(17)12(20-14(15)18)9-10-3-5-11(16)6-4-10/h3-6,9,16H,2,7-8H2,1H3/b12-9+. The number of nitrogens with zero attached hydrogens (tertiary/aromatic N) is 1. The van der Waals surface area contributed by atoms with Crippen molar-refractivity contribution >= 4 is 29.0 Å². The molecule has 1 heterocycles. The zero-order valence-corrected chi connectivity index (χ0v) is 11.9. The monoisotopic (exact) mass is 293 g/mol. The van der Waals surface area contributed by atoms with E-state index in [-0.39, 0.29) is 16.9 Å². The van der Waals surface area contributed by atoms with Gasteiger partial charge in [-0.2, -0.15) is 0 Å². The summed E-state index contributed by atoms with van der Waals surface area (Å²) >= 11 is 0.934. The summed E-state index contributed by atoms with van der Waals surface area (Å²) in [6.07, 6.45) is 2.28. The number of hydrogen-bond donors (Lipinski definition) is 1. The summed E-state index contributed by atoms with van der Waals surface area (Å²) < 4.78 is 4.91. The molecule has 1 saturated heterocycles. The highest BCUT2D eigenvalue weighted by molar-refractivity contribution is 8.18. The summed E-state index contributed by atoms with van der Waals surface area (Å²) in [4.78, 5) is 25.5. The maximum atomic E-state index is 12.1. The van der Waals surface area contributed by atoms with Crippen molar-refractivity contribution < 1.29 is 19.4 Å². The number of amides is 2. The maximum Gasteiger partial charge on any atom is 0.293 e. The van der Waals surface area contributed by atoms with Gasteiger partial charge in [0.1, 0.15) is 5.75 Å². The van der Waals surface area contributed by atoms with Gasteiger partial charge in [0.15, 0.2) is 0 Å². The van der Waals surface area contributed by atoms with Crippen molar-refractivity contribution in [1.29, 1.82) is 0 Å². The lowest BCUT2D eigenvalue weighted by atomic mass is 10.2. The molecule has 0 saturated carbocycles. The topological polar surface area (TPSA) is 66.8 Å². The Morgan fingerprint density at radius 2 is 2.00 bits per heavy atom. The smallest absolute Gasteiger partial charge is 0.293 e. The number of rotatable bonds is 5. The summed E-state index contributed by atoms with van der Waals surface area (Å²) in [6, 6.07) is 6.45. The van der Waals surface area contributed by atoms with E-state index in [4.69, 9.17) is 4.74 Å². The summed E-state index contributed by atoms with van der Waals surface area (Å²) in [5.41, 5.74) is 0.769. The Labute approximate surface area is 121 Å². The fourth-order valence-corrected chi connectivity index (χ4v) is 2.65. The first kappa shape index (κ1) is 14.6. The molecule has 0 radical (unpaired) electrons. The lowest BCUT2D eigenvalue weighted by molar-refractivity contribution is -0.122. The molecule has 1 aliphatic heterocycles. The molecule has 2 rings (SSSR count). The van der Waals surface area contributed by atoms with Crippen LogP contribution in [0.3, 0.4) is 0 Å². The second-order valence-corrected chi connectivity index (χ2v) is 5.26. The molecular formula is C14H15NO4S. The Kier molecular flexibility index (Phi) is 4.81. The van der Waals surface area contributed by atoms with E-state index in [0.717, 1.165) is 17.3 Å². The molecule has 5 nitrogen and oxygen atoms in total. The highest BCUT2D eigenvalue weighted by Crippen LogP contribution is 2.32. The summed E-state index contributed by atoms with van der Waals surface area (Å²) in [7, 11) is 1.58. The van der Waals surface area contributed by atoms with Crippen LogP contribution in [0.4, 0.5) is 4.79 Å². The van der Waals surface area contributed by atoms with Crippen LogP contribution in [-0.2, 0) is 9.53 Å². The average molecular weight is 293 g/mol. The molecule has 1 aliphatic rings. The molecule has 0 aromatic heterocycles. The summed E-state index contributed by atoms with van der Waals surface area (Å²) in [5.74, 6) is -0.112. The van der Waals surface area contributed by atoms with E-state index in [1.807, 2.05) is 0 Å². The minimum absolute atomic E-state index is 0.162. The molecule has 0 spiro atoms. The van der Waals surface area contributed by atoms with E-state index in [9.17, 15) is 14.7 Å². The Hall–Kier alpha value is -1.79. The van der Waals surface area contributed by atoms with Crippen LogP contribution in [0.15, 0.2) is 29.2 Å². The molecule has 1 fully saturated rings. The summed E-state index contributed by atoms with van der Waals surface area (Å²) in [6.45, 7) is 0.879. The van der Waals surface area contributed by atoms with E-state index in [2.05, 4.69) is 0 Å². The molecule has 1 aromatic rings. The molecule has 106 valence electrons. The molecular weight excluding hydrogens is 278 g/mol. The first-order valence-electron chi connectivity index (χ1n) is 6.15. The first-order chi connectivity index (χ1) is 9.61.